The molecule has 0 radical (unpaired) electrons. The second-order valence-electron chi connectivity index (χ2n) is 10.0. The van der Waals surface area contributed by atoms with Gasteiger partial charge in [0.05, 0.1) is 18.4 Å². The molecule has 0 saturated carbocycles. The molecule has 2 aromatic rings. The van der Waals surface area contributed by atoms with Crippen molar-refractivity contribution in [1.29, 1.82) is 10.8 Å². The van der Waals surface area contributed by atoms with E-state index in [1.165, 1.54) is 31.0 Å². The van der Waals surface area contributed by atoms with Crippen molar-refractivity contribution in [3.8, 4) is 0 Å². The smallest absolute Gasteiger partial charge is 0.322 e. The summed E-state index contributed by atoms with van der Waals surface area (Å²) < 4.78 is 70.7. The number of fused-ring (bicyclic) bond motifs is 1. The lowest BCUT2D eigenvalue weighted by Crippen LogP contribution is -2.56. The Hall–Kier alpha value is -3.34. The van der Waals surface area contributed by atoms with E-state index in [-0.39, 0.29) is 42.9 Å². The first-order valence-electron chi connectivity index (χ1n) is 11.7. The Morgan fingerprint density at radius 1 is 1.24 bits per heavy atom. The van der Waals surface area contributed by atoms with Gasteiger partial charge in [-0.3, -0.25) is 20.5 Å². The number of nitrogens with zero attached hydrogens (tertiary/aromatic N) is 3. The summed E-state index contributed by atoms with van der Waals surface area (Å²) in [5.41, 5.74) is -1.38. The molecule has 0 unspecified atom stereocenters. The van der Waals surface area contributed by atoms with Crippen molar-refractivity contribution < 1.29 is 26.7 Å². The number of hydrogen-bond acceptors (Lipinski definition) is 4. The number of likely N-dealkylation sites (tertiary alicyclic amines) is 1. The highest BCUT2D eigenvalue weighted by molar-refractivity contribution is 6.10. The minimum Gasteiger partial charge on any atom is -0.322 e. The normalized spacial score (nSPS) is 18.7. The molecule has 2 aliphatic heterocycles. The molecule has 2 N–H and O–H groups in total. The third-order valence-corrected chi connectivity index (χ3v) is 6.90. The van der Waals surface area contributed by atoms with Crippen LogP contribution in [0.25, 0.3) is 0 Å². The summed E-state index contributed by atoms with van der Waals surface area (Å²) >= 11 is 0. The van der Waals surface area contributed by atoms with Crippen molar-refractivity contribution in [1.82, 2.24) is 9.80 Å². The second kappa shape index (κ2) is 9.51. The largest absolute Gasteiger partial charge is 0.416 e. The van der Waals surface area contributed by atoms with E-state index in [1.54, 1.807) is 30.0 Å². The molecule has 11 heteroatoms. The molecule has 2 aliphatic rings. The summed E-state index contributed by atoms with van der Waals surface area (Å²) in [6, 6.07) is 8.78. The van der Waals surface area contributed by atoms with Crippen LogP contribution >= 0.6 is 0 Å². The molecule has 0 bridgehead atoms. The van der Waals surface area contributed by atoms with Gasteiger partial charge in [0, 0.05) is 43.9 Å². The Morgan fingerprint density at radius 2 is 1.92 bits per heavy atom. The minimum atomic E-state index is -4.68. The van der Waals surface area contributed by atoms with E-state index in [9.17, 15) is 26.7 Å². The molecule has 37 heavy (non-hydrogen) atoms. The minimum absolute atomic E-state index is 0.0513. The van der Waals surface area contributed by atoms with E-state index in [2.05, 4.69) is 0 Å². The Balaban J connectivity index is 1.62. The van der Waals surface area contributed by atoms with Gasteiger partial charge in [-0.05, 0) is 47.9 Å². The summed E-state index contributed by atoms with van der Waals surface area (Å²) in [7, 11) is 1.38. The van der Waals surface area contributed by atoms with Gasteiger partial charge < -0.3 is 9.80 Å². The Kier molecular flexibility index (Phi) is 6.87. The molecule has 2 atom stereocenters. The molecule has 4 rings (SSSR count). The van der Waals surface area contributed by atoms with Crippen molar-refractivity contribution in [3.63, 3.8) is 0 Å². The lowest BCUT2D eigenvalue weighted by atomic mass is 9.94. The van der Waals surface area contributed by atoms with Gasteiger partial charge in [-0.25, -0.2) is 8.78 Å². The van der Waals surface area contributed by atoms with Crippen LogP contribution < -0.4 is 4.90 Å². The molecule has 6 nitrogen and oxygen atoms in total. The Bertz CT molecular complexity index is 1240. The molecular weight excluding hydrogens is 493 g/mol. The van der Waals surface area contributed by atoms with E-state index in [1.807, 2.05) is 0 Å². The van der Waals surface area contributed by atoms with Crippen molar-refractivity contribution in [2.75, 3.05) is 25.0 Å². The number of benzene rings is 2. The molecule has 198 valence electrons. The highest BCUT2D eigenvalue weighted by Gasteiger charge is 2.42. The average molecular weight is 522 g/mol. The lowest BCUT2D eigenvalue weighted by Gasteiger charge is -2.42. The third kappa shape index (κ3) is 5.22. The first-order chi connectivity index (χ1) is 17.2. The van der Waals surface area contributed by atoms with E-state index in [0.717, 1.165) is 17.3 Å². The molecule has 2 heterocycles. The molecule has 1 amide bonds. The SMILES string of the molecule is C[C@@H](c1cccc(N2Cc3c(cc(CN4CC(C)(F)C4)cc3C(F)(F)F)C2=O)c1)[C@H](F)C(=N)N(C)C=N. The second-order valence-corrected chi connectivity index (χ2v) is 10.0. The molecule has 0 aliphatic carbocycles. The summed E-state index contributed by atoms with van der Waals surface area (Å²) in [6.07, 6.45) is -5.60. The first kappa shape index (κ1) is 26.7. The Labute approximate surface area is 211 Å². The zero-order valence-corrected chi connectivity index (χ0v) is 20.7. The third-order valence-electron chi connectivity index (χ3n) is 6.90. The number of halogens is 5. The fourth-order valence-electron chi connectivity index (χ4n) is 4.92. The van der Waals surface area contributed by atoms with Gasteiger partial charge in [0.1, 0.15) is 11.5 Å². The molecular formula is C26H28F5N5O. The van der Waals surface area contributed by atoms with Gasteiger partial charge in [0.2, 0.25) is 0 Å². The molecule has 0 spiro atoms. The number of alkyl halides is 5. The van der Waals surface area contributed by atoms with Gasteiger partial charge in [-0.15, -0.1) is 0 Å². The number of carbonyl (C=O) groups excluding carboxylic acids is 1. The van der Waals surface area contributed by atoms with Gasteiger partial charge >= 0.3 is 6.18 Å². The number of nitrogens with one attached hydrogen (secondary N) is 2. The van der Waals surface area contributed by atoms with Crippen LogP contribution in [0.2, 0.25) is 0 Å². The van der Waals surface area contributed by atoms with Crippen LogP contribution in [0.1, 0.15) is 52.4 Å². The maximum Gasteiger partial charge on any atom is 0.416 e. The quantitative estimate of drug-likeness (QED) is 0.292. The number of amides is 1. The van der Waals surface area contributed by atoms with E-state index in [0.29, 0.717) is 11.3 Å². The van der Waals surface area contributed by atoms with Crippen LogP contribution in [0, 0.1) is 10.8 Å². The number of amidine groups is 1. The van der Waals surface area contributed by atoms with E-state index in [4.69, 9.17) is 10.8 Å². The van der Waals surface area contributed by atoms with Crippen LogP contribution in [-0.4, -0.2) is 59.9 Å². The fourth-order valence-corrected chi connectivity index (χ4v) is 4.92. The zero-order valence-electron chi connectivity index (χ0n) is 20.7. The molecule has 0 aromatic heterocycles. The highest BCUT2D eigenvalue weighted by atomic mass is 19.4. The predicted molar refractivity (Wildman–Crippen MR) is 131 cm³/mol. The maximum absolute atomic E-state index is 14.9. The number of carbonyl (C=O) groups is 1. The zero-order chi connectivity index (χ0) is 27.3. The fraction of sp³-hybridized carbons (Fsp3) is 0.423. The summed E-state index contributed by atoms with van der Waals surface area (Å²) in [4.78, 5) is 17.2. The van der Waals surface area contributed by atoms with Crippen LogP contribution in [-0.2, 0) is 19.3 Å². The number of anilines is 1. The van der Waals surface area contributed by atoms with Gasteiger partial charge in [-0.1, -0.05) is 19.1 Å². The first-order valence-corrected chi connectivity index (χ1v) is 11.7. The van der Waals surface area contributed by atoms with Crippen LogP contribution in [0.15, 0.2) is 36.4 Å². The van der Waals surface area contributed by atoms with Crippen molar-refractivity contribution in [2.24, 2.45) is 0 Å². The van der Waals surface area contributed by atoms with Crippen LogP contribution in [0.4, 0.5) is 27.6 Å². The lowest BCUT2D eigenvalue weighted by molar-refractivity contribution is -0.138. The van der Waals surface area contributed by atoms with E-state index < -0.39 is 41.2 Å². The number of rotatable bonds is 7. The molecule has 1 fully saturated rings. The summed E-state index contributed by atoms with van der Waals surface area (Å²) in [5.74, 6) is -1.81. The average Bonchev–Trinajstić information content (AvgIpc) is 3.16. The standard InChI is InChI=1S/C26H28F5N5O/c1-15(22(27)23(33)34(3)14-32)17-5-4-6-18(9-17)36-11-20-19(24(36)37)7-16(8-21(20)26(29,30)31)10-35-12-25(2,28)13-35/h4-9,14-15,22,32-33H,10-13H2,1-3H3/t15-,22-/m0/s1. The van der Waals surface area contributed by atoms with Crippen molar-refractivity contribution in [2.45, 2.75) is 50.9 Å². The van der Waals surface area contributed by atoms with Crippen molar-refractivity contribution >= 4 is 23.8 Å². The van der Waals surface area contributed by atoms with Gasteiger partial charge in [0.15, 0.2) is 6.17 Å². The van der Waals surface area contributed by atoms with Crippen molar-refractivity contribution in [3.05, 3.63) is 64.2 Å². The van der Waals surface area contributed by atoms with Crippen LogP contribution in [0.3, 0.4) is 0 Å². The van der Waals surface area contributed by atoms with Gasteiger partial charge in [-0.2, -0.15) is 13.2 Å². The molecule has 2 aromatic carbocycles. The maximum atomic E-state index is 14.9. The van der Waals surface area contributed by atoms with E-state index >= 15 is 0 Å². The summed E-state index contributed by atoms with van der Waals surface area (Å²) in [5, 5.41) is 15.1. The predicted octanol–water partition coefficient (Wildman–Crippen LogP) is 5.37. The Morgan fingerprint density at radius 3 is 2.51 bits per heavy atom. The van der Waals surface area contributed by atoms with Crippen LogP contribution in [0.5, 0.6) is 0 Å². The number of hydrogen-bond donors (Lipinski definition) is 2. The monoisotopic (exact) mass is 521 g/mol. The highest BCUT2D eigenvalue weighted by Crippen LogP contribution is 2.40. The topological polar surface area (TPSA) is 74.5 Å². The van der Waals surface area contributed by atoms with Gasteiger partial charge in [0.25, 0.3) is 5.91 Å². The summed E-state index contributed by atoms with van der Waals surface area (Å²) in [6.45, 7) is 3.02. The molecule has 1 saturated heterocycles.